The van der Waals surface area contributed by atoms with Crippen LogP contribution in [0.4, 0.5) is 0 Å². The van der Waals surface area contributed by atoms with E-state index in [1.54, 1.807) is 22.7 Å². The molecule has 12 heavy (non-hydrogen) atoms. The van der Waals surface area contributed by atoms with Gasteiger partial charge < -0.3 is 8.95 Å². The number of aromatic nitrogens is 1. The predicted molar refractivity (Wildman–Crippen MR) is 44.6 cm³/mol. The Hall–Kier alpha value is -1.13. The summed E-state index contributed by atoms with van der Waals surface area (Å²) in [6.07, 6.45) is 1.72. The standard InChI is InChI=1S/C8H7NO2S/c10-12(11)8-5-1-3-7-4-2-6-9(7)8/h1-6H,(H,10,11)/p-1. The monoisotopic (exact) mass is 180 g/mol. The summed E-state index contributed by atoms with van der Waals surface area (Å²) in [5.41, 5.74) is 0.886. The van der Waals surface area contributed by atoms with Gasteiger partial charge in [0, 0.05) is 11.7 Å². The zero-order valence-electron chi connectivity index (χ0n) is 6.14. The Bertz CT molecular complexity index is 435. The van der Waals surface area contributed by atoms with E-state index in [-0.39, 0.29) is 5.03 Å². The van der Waals surface area contributed by atoms with Gasteiger partial charge in [0.25, 0.3) is 0 Å². The minimum Gasteiger partial charge on any atom is -0.767 e. The molecule has 2 heterocycles. The summed E-state index contributed by atoms with van der Waals surface area (Å²) in [6, 6.07) is 8.81. The fraction of sp³-hybridized carbons (Fsp3) is 0. The topological polar surface area (TPSA) is 44.5 Å². The van der Waals surface area contributed by atoms with Gasteiger partial charge in [-0.2, -0.15) is 0 Å². The largest absolute Gasteiger partial charge is 0.767 e. The molecule has 0 fully saturated rings. The molecule has 0 saturated carbocycles. The Balaban J connectivity index is 2.82. The van der Waals surface area contributed by atoms with Gasteiger partial charge in [-0.3, -0.25) is 4.21 Å². The van der Waals surface area contributed by atoms with E-state index in [0.717, 1.165) is 5.52 Å². The number of pyridine rings is 1. The van der Waals surface area contributed by atoms with Crippen molar-refractivity contribution < 1.29 is 8.76 Å². The quantitative estimate of drug-likeness (QED) is 0.618. The van der Waals surface area contributed by atoms with Crippen LogP contribution in [0.3, 0.4) is 0 Å². The molecule has 2 rings (SSSR count). The first-order chi connectivity index (χ1) is 5.79. The Morgan fingerprint density at radius 1 is 1.25 bits per heavy atom. The van der Waals surface area contributed by atoms with E-state index in [1.165, 1.54) is 0 Å². The normalized spacial score (nSPS) is 13.4. The van der Waals surface area contributed by atoms with Gasteiger partial charge in [-0.05, 0) is 35.3 Å². The average molecular weight is 180 g/mol. The highest BCUT2D eigenvalue weighted by molar-refractivity contribution is 7.79. The second-order valence-electron chi connectivity index (χ2n) is 2.40. The van der Waals surface area contributed by atoms with E-state index in [1.807, 2.05) is 18.2 Å². The minimum absolute atomic E-state index is 0.289. The van der Waals surface area contributed by atoms with Crippen LogP contribution in [-0.2, 0) is 11.1 Å². The van der Waals surface area contributed by atoms with Crippen molar-refractivity contribution in [2.45, 2.75) is 5.03 Å². The van der Waals surface area contributed by atoms with Crippen LogP contribution >= 0.6 is 0 Å². The van der Waals surface area contributed by atoms with Gasteiger partial charge >= 0.3 is 0 Å². The zero-order chi connectivity index (χ0) is 8.55. The van der Waals surface area contributed by atoms with Crippen molar-refractivity contribution in [1.29, 1.82) is 0 Å². The summed E-state index contributed by atoms with van der Waals surface area (Å²) in [7, 11) is 0. The Morgan fingerprint density at radius 2 is 2.00 bits per heavy atom. The molecular weight excluding hydrogens is 174 g/mol. The van der Waals surface area contributed by atoms with Crippen molar-refractivity contribution in [3.63, 3.8) is 0 Å². The average Bonchev–Trinajstić information content (AvgIpc) is 2.49. The van der Waals surface area contributed by atoms with Crippen LogP contribution in [0.15, 0.2) is 41.6 Å². The lowest BCUT2D eigenvalue weighted by atomic mass is 10.4. The van der Waals surface area contributed by atoms with Gasteiger partial charge in [0.2, 0.25) is 0 Å². The van der Waals surface area contributed by atoms with Crippen LogP contribution in [-0.4, -0.2) is 13.2 Å². The lowest BCUT2D eigenvalue weighted by Gasteiger charge is -2.07. The highest BCUT2D eigenvalue weighted by atomic mass is 32.2. The molecule has 0 aliphatic carbocycles. The van der Waals surface area contributed by atoms with Crippen LogP contribution in [0.25, 0.3) is 5.52 Å². The summed E-state index contributed by atoms with van der Waals surface area (Å²) in [6.45, 7) is 0. The molecule has 0 amide bonds. The molecule has 4 heteroatoms. The van der Waals surface area contributed by atoms with E-state index in [0.29, 0.717) is 0 Å². The van der Waals surface area contributed by atoms with Gasteiger partial charge in [0.1, 0.15) is 0 Å². The first kappa shape index (κ1) is 7.52. The number of rotatable bonds is 1. The number of hydrogen-bond donors (Lipinski definition) is 0. The van der Waals surface area contributed by atoms with E-state index in [4.69, 9.17) is 0 Å². The van der Waals surface area contributed by atoms with Crippen LogP contribution in [0.5, 0.6) is 0 Å². The third-order valence-electron chi connectivity index (χ3n) is 1.69. The molecule has 2 aromatic heterocycles. The highest BCUT2D eigenvalue weighted by Crippen LogP contribution is 2.10. The fourth-order valence-corrected chi connectivity index (χ4v) is 1.69. The lowest BCUT2D eigenvalue weighted by Crippen LogP contribution is -1.96. The molecular formula is C8H6NO2S-. The van der Waals surface area contributed by atoms with Gasteiger partial charge in [0.15, 0.2) is 0 Å². The maximum Gasteiger partial charge on any atom is 0.0966 e. The third-order valence-corrected chi connectivity index (χ3v) is 2.37. The van der Waals surface area contributed by atoms with Crippen molar-refractivity contribution in [2.24, 2.45) is 0 Å². The maximum absolute atomic E-state index is 10.7. The summed E-state index contributed by atoms with van der Waals surface area (Å²) < 4.78 is 23.0. The maximum atomic E-state index is 10.7. The van der Waals surface area contributed by atoms with Gasteiger partial charge in [-0.15, -0.1) is 0 Å². The van der Waals surface area contributed by atoms with Crippen LogP contribution < -0.4 is 0 Å². The highest BCUT2D eigenvalue weighted by Gasteiger charge is 1.97. The molecule has 0 aliphatic rings. The molecule has 0 saturated heterocycles. The lowest BCUT2D eigenvalue weighted by molar-refractivity contribution is 0.532. The first-order valence-electron chi connectivity index (χ1n) is 3.44. The Kier molecular flexibility index (Phi) is 1.71. The van der Waals surface area contributed by atoms with Gasteiger partial charge in [-0.25, -0.2) is 0 Å². The second-order valence-corrected chi connectivity index (χ2v) is 3.29. The molecule has 0 spiro atoms. The van der Waals surface area contributed by atoms with E-state index < -0.39 is 11.1 Å². The number of nitrogens with zero attached hydrogens (tertiary/aromatic N) is 1. The molecule has 62 valence electrons. The van der Waals surface area contributed by atoms with Crippen molar-refractivity contribution in [3.05, 3.63) is 36.5 Å². The molecule has 1 atom stereocenters. The Morgan fingerprint density at radius 3 is 2.75 bits per heavy atom. The number of hydrogen-bond acceptors (Lipinski definition) is 2. The van der Waals surface area contributed by atoms with Crippen LogP contribution in [0, 0.1) is 0 Å². The fourth-order valence-electron chi connectivity index (χ4n) is 1.18. The third kappa shape index (κ3) is 1.05. The molecule has 0 radical (unpaired) electrons. The summed E-state index contributed by atoms with van der Waals surface area (Å²) in [4.78, 5) is 0. The van der Waals surface area contributed by atoms with E-state index in [9.17, 15) is 8.76 Å². The smallest absolute Gasteiger partial charge is 0.0966 e. The summed E-state index contributed by atoms with van der Waals surface area (Å²) in [5.74, 6) is 0. The SMILES string of the molecule is O=S([O-])c1cccc2cccn12. The van der Waals surface area contributed by atoms with Crippen molar-refractivity contribution in [1.82, 2.24) is 4.40 Å². The van der Waals surface area contributed by atoms with Crippen molar-refractivity contribution in [2.75, 3.05) is 0 Å². The predicted octanol–water partition coefficient (Wildman–Crippen LogP) is 1.18. The number of fused-ring (bicyclic) bond motifs is 1. The van der Waals surface area contributed by atoms with Crippen LogP contribution in [0.1, 0.15) is 0 Å². The molecule has 0 aromatic carbocycles. The summed E-state index contributed by atoms with van der Waals surface area (Å²) >= 11 is -2.17. The zero-order valence-corrected chi connectivity index (χ0v) is 6.95. The molecule has 3 nitrogen and oxygen atoms in total. The van der Waals surface area contributed by atoms with Crippen molar-refractivity contribution in [3.8, 4) is 0 Å². The van der Waals surface area contributed by atoms with E-state index in [2.05, 4.69) is 0 Å². The van der Waals surface area contributed by atoms with E-state index >= 15 is 0 Å². The molecule has 2 aromatic rings. The molecule has 0 N–H and O–H groups in total. The molecule has 0 aliphatic heterocycles. The Labute approximate surface area is 71.9 Å². The van der Waals surface area contributed by atoms with Gasteiger partial charge in [0.05, 0.1) is 5.03 Å². The molecule has 1 unspecified atom stereocenters. The summed E-state index contributed by atoms with van der Waals surface area (Å²) in [5, 5.41) is 0.289. The van der Waals surface area contributed by atoms with Crippen LogP contribution in [0.2, 0.25) is 0 Å². The first-order valence-corrected chi connectivity index (χ1v) is 4.52. The second kappa shape index (κ2) is 2.73. The molecule has 0 bridgehead atoms. The van der Waals surface area contributed by atoms with Crippen molar-refractivity contribution >= 4 is 16.6 Å². The minimum atomic E-state index is -2.17. The van der Waals surface area contributed by atoms with Gasteiger partial charge in [-0.1, -0.05) is 6.07 Å².